The van der Waals surface area contributed by atoms with Gasteiger partial charge in [0.15, 0.2) is 0 Å². The Kier molecular flexibility index (Phi) is 83.9. The van der Waals surface area contributed by atoms with E-state index in [0.29, 0.717) is 0 Å². The quantitative estimate of drug-likeness (QED) is 0.525. The minimum atomic E-state index is 0. The fraction of sp³-hybridized carbons (Fsp3) is 0. The summed E-state index contributed by atoms with van der Waals surface area (Å²) in [6.07, 6.45) is 0. The van der Waals surface area contributed by atoms with Crippen LogP contribution in [0.3, 0.4) is 0 Å². The fourth-order valence-corrected chi connectivity index (χ4v) is 0. The van der Waals surface area contributed by atoms with Crippen molar-refractivity contribution in [1.82, 2.24) is 0 Å². The van der Waals surface area contributed by atoms with Crippen LogP contribution in [0.5, 0.6) is 0 Å². The van der Waals surface area contributed by atoms with Crippen molar-refractivity contribution in [3.8, 4) is 0 Å². The first-order chi connectivity index (χ1) is 1.00. The molecule has 0 aromatic carbocycles. The molecule has 0 N–H and O–H groups in total. The van der Waals surface area contributed by atoms with E-state index in [0.717, 1.165) is 0 Å². The molecule has 4 radical (unpaired) electrons. The van der Waals surface area contributed by atoms with Gasteiger partial charge in [-0.15, -0.1) is 0 Å². The van der Waals surface area contributed by atoms with E-state index in [1.165, 1.54) is 0 Å². The molecule has 0 rings (SSSR count). The van der Waals surface area contributed by atoms with Crippen molar-refractivity contribution in [2.24, 2.45) is 0 Å². The molecule has 0 aromatic rings. The van der Waals surface area contributed by atoms with Crippen LogP contribution in [-0.2, 0) is 42.1 Å². The summed E-state index contributed by atoms with van der Waals surface area (Å²) in [4.78, 5) is 0. The summed E-state index contributed by atoms with van der Waals surface area (Å²) in [5.74, 6) is 0. The van der Waals surface area contributed by atoms with Gasteiger partial charge in [0.05, 0.1) is 0 Å². The molecule has 22 valence electrons. The van der Waals surface area contributed by atoms with Crippen LogP contribution in [-0.4, -0.2) is 25.8 Å². The molecule has 4 heavy (non-hydrogen) atoms. The van der Waals surface area contributed by atoms with Crippen LogP contribution in [0.25, 0.3) is 0 Å². The molecule has 0 aliphatic carbocycles. The Balaban J connectivity index is -0.00000000500. The monoisotopic (exact) mass is 372 g/mol. The van der Waals surface area contributed by atoms with Crippen LogP contribution in [0.2, 0.25) is 0 Å². The van der Waals surface area contributed by atoms with Gasteiger partial charge in [0.2, 0.25) is 0 Å². The van der Waals surface area contributed by atoms with Crippen LogP contribution in [0, 0.1) is 0 Å². The zero-order chi connectivity index (χ0) is 2.00. The molecule has 0 aliphatic rings. The van der Waals surface area contributed by atoms with E-state index < -0.39 is 0 Å². The van der Waals surface area contributed by atoms with Gasteiger partial charge in [0.1, 0.15) is 0 Å². The van der Waals surface area contributed by atoms with E-state index >= 15 is 0 Å². The van der Waals surface area contributed by atoms with Crippen LogP contribution in [0.1, 0.15) is 0 Å². The van der Waals surface area contributed by atoms with Crippen molar-refractivity contribution in [2.75, 3.05) is 0 Å². The first-order valence-electron chi connectivity index (χ1n) is 0.204. The van der Waals surface area contributed by atoms with E-state index in [-0.39, 0.29) is 65.2 Å². The summed E-state index contributed by atoms with van der Waals surface area (Å²) in [5.41, 5.74) is 0. The molecule has 0 saturated heterocycles. The molecule has 0 spiro atoms. The third-order valence-corrected chi connectivity index (χ3v) is 0. The minimum absolute atomic E-state index is 0. The van der Waals surface area contributed by atoms with Crippen molar-refractivity contribution in [1.29, 1.82) is 0 Å². The Labute approximate surface area is 67.1 Å². The molecule has 1 nitrogen and oxygen atoms in total. The topological polar surface area (TPSA) is 17.1 Å². The maximum absolute atomic E-state index is 8.39. The summed E-state index contributed by atoms with van der Waals surface area (Å²) >= 11 is 0.0556. The van der Waals surface area contributed by atoms with Gasteiger partial charge in [-0.1, -0.05) is 0 Å². The third-order valence-electron chi connectivity index (χ3n) is 0. The molecule has 0 aromatic heterocycles. The van der Waals surface area contributed by atoms with Crippen molar-refractivity contribution in [3.63, 3.8) is 0 Å². The first kappa shape index (κ1) is 16.7. The zero-order valence-electron chi connectivity index (χ0n) is 1.73. The van der Waals surface area contributed by atoms with Gasteiger partial charge in [-0.2, -0.15) is 0 Å². The van der Waals surface area contributed by atoms with E-state index in [4.69, 9.17) is 2.69 Å². The molecule has 0 fully saturated rings. The predicted molar refractivity (Wildman–Crippen MR) is 6.44 cm³/mol. The summed E-state index contributed by atoms with van der Waals surface area (Å²) in [6.45, 7) is 0. The molecule has 0 bridgehead atoms. The Morgan fingerprint density at radius 2 is 1.25 bits per heavy atom. The van der Waals surface area contributed by atoms with Gasteiger partial charge in [-0.05, 0) is 0 Å². The van der Waals surface area contributed by atoms with Crippen LogP contribution < -0.4 is 0 Å². The number of hydrogen-bond donors (Lipinski definition) is 0. The van der Waals surface area contributed by atoms with Crippen LogP contribution in [0.15, 0.2) is 0 Å². The van der Waals surface area contributed by atoms with E-state index in [2.05, 4.69) is 0 Å². The van der Waals surface area contributed by atoms with Gasteiger partial charge in [-0.25, -0.2) is 0 Å². The second kappa shape index (κ2) is 20.1. The van der Waals surface area contributed by atoms with Crippen LogP contribution in [0.4, 0.5) is 0 Å². The van der Waals surface area contributed by atoms with Crippen molar-refractivity contribution in [3.05, 3.63) is 0 Å². The van der Waals surface area contributed by atoms with Gasteiger partial charge in [0.25, 0.3) is 0 Å². The molecule has 4 heteroatoms. The standard InChI is InChI=1S/Mn.Nb.O.Pb. The summed E-state index contributed by atoms with van der Waals surface area (Å²) in [7, 11) is 0. The SMILES string of the molecule is [Mn].[Nb].[O]=[Pb]. The van der Waals surface area contributed by atoms with Gasteiger partial charge in [-0.3, -0.25) is 0 Å². The summed E-state index contributed by atoms with van der Waals surface area (Å²) < 4.78 is 8.39. The Hall–Kier alpha value is 1.98. The molecule has 0 aliphatic heterocycles. The molecule has 0 unspecified atom stereocenters. The normalized spacial score (nSPS) is 1.00. The third kappa shape index (κ3) is 9.01. The van der Waals surface area contributed by atoms with E-state index in [1.54, 1.807) is 0 Å². The Morgan fingerprint density at radius 1 is 1.25 bits per heavy atom. The Morgan fingerprint density at radius 3 is 1.25 bits per heavy atom. The van der Waals surface area contributed by atoms with Gasteiger partial charge >= 0.3 is 28.5 Å². The van der Waals surface area contributed by atoms with Crippen LogP contribution >= 0.6 is 0 Å². The maximum atomic E-state index is 8.39. The molecule has 0 amide bonds. The number of rotatable bonds is 0. The second-order valence-corrected chi connectivity index (χ2v) is 0. The predicted octanol–water partition coefficient (Wildman–Crippen LogP) is -0.505. The second-order valence-electron chi connectivity index (χ2n) is 0. The van der Waals surface area contributed by atoms with E-state index in [1.807, 2.05) is 0 Å². The average Bonchev–Trinajstić information content (AvgIpc) is 1.00. The van der Waals surface area contributed by atoms with Crippen molar-refractivity contribution < 1.29 is 42.1 Å². The Bertz CT molecular complexity index is 8.00. The molecule has 0 atom stereocenters. The average molecular weight is 371 g/mol. The van der Waals surface area contributed by atoms with Crippen molar-refractivity contribution >= 4 is 25.8 Å². The van der Waals surface area contributed by atoms with Gasteiger partial charge in [0, 0.05) is 39.4 Å². The fourth-order valence-electron chi connectivity index (χ4n) is 0. The summed E-state index contributed by atoms with van der Waals surface area (Å²) in [5, 5.41) is 0. The van der Waals surface area contributed by atoms with Crippen molar-refractivity contribution in [2.45, 2.75) is 0 Å². The molecule has 0 saturated carbocycles. The van der Waals surface area contributed by atoms with E-state index in [9.17, 15) is 0 Å². The number of hydrogen-bond acceptors (Lipinski definition) is 1. The molecular weight excluding hydrogens is 371 g/mol. The molecule has 0 heterocycles. The van der Waals surface area contributed by atoms with Gasteiger partial charge < -0.3 is 0 Å². The zero-order valence-corrected chi connectivity index (χ0v) is 9.00. The molecular formula is MnNbOPb. The first-order valence-corrected chi connectivity index (χ1v) is 1.79. The summed E-state index contributed by atoms with van der Waals surface area (Å²) in [6, 6.07) is 0.